The molecule has 0 spiro atoms. The zero-order valence-electron chi connectivity index (χ0n) is 11.6. The van der Waals surface area contributed by atoms with Crippen LogP contribution in [0.5, 0.6) is 0 Å². The summed E-state index contributed by atoms with van der Waals surface area (Å²) in [5.41, 5.74) is 2.47. The van der Waals surface area contributed by atoms with Gasteiger partial charge in [0.25, 0.3) is 0 Å². The van der Waals surface area contributed by atoms with Gasteiger partial charge < -0.3 is 15.0 Å². The molecule has 0 bridgehead atoms. The third-order valence-corrected chi connectivity index (χ3v) is 3.47. The summed E-state index contributed by atoms with van der Waals surface area (Å²) in [7, 11) is 3.76. The molecule has 0 saturated carbocycles. The van der Waals surface area contributed by atoms with Crippen LogP contribution in [0.4, 0.5) is 5.82 Å². The van der Waals surface area contributed by atoms with E-state index in [0.29, 0.717) is 6.10 Å². The van der Waals surface area contributed by atoms with E-state index in [-0.39, 0.29) is 0 Å². The van der Waals surface area contributed by atoms with Gasteiger partial charge >= 0.3 is 0 Å². The van der Waals surface area contributed by atoms with E-state index in [1.54, 1.807) is 7.11 Å². The molecule has 2 heterocycles. The molecular formula is C14H23N3O. The number of rotatable bonds is 5. The van der Waals surface area contributed by atoms with Gasteiger partial charge in [-0.2, -0.15) is 0 Å². The first-order valence-corrected chi connectivity index (χ1v) is 6.69. The van der Waals surface area contributed by atoms with Crippen molar-refractivity contribution in [3.63, 3.8) is 0 Å². The van der Waals surface area contributed by atoms with Gasteiger partial charge in [0.2, 0.25) is 0 Å². The normalized spacial score (nSPS) is 19.5. The molecule has 1 fully saturated rings. The minimum atomic E-state index is 0.352. The summed E-state index contributed by atoms with van der Waals surface area (Å²) >= 11 is 0. The Balaban J connectivity index is 2.18. The van der Waals surface area contributed by atoms with Crippen LogP contribution < -0.4 is 10.2 Å². The number of aromatic nitrogens is 1. The minimum Gasteiger partial charge on any atom is -0.380 e. The molecule has 100 valence electrons. The van der Waals surface area contributed by atoms with Gasteiger partial charge in [0.1, 0.15) is 5.82 Å². The van der Waals surface area contributed by atoms with Crippen LogP contribution in [0, 0.1) is 0 Å². The van der Waals surface area contributed by atoms with Gasteiger partial charge in [0, 0.05) is 32.4 Å². The molecule has 0 aromatic carbocycles. The molecule has 2 rings (SSSR count). The van der Waals surface area contributed by atoms with Crippen LogP contribution in [0.25, 0.3) is 0 Å². The first-order valence-electron chi connectivity index (χ1n) is 6.69. The van der Waals surface area contributed by atoms with Crippen molar-refractivity contribution in [1.29, 1.82) is 0 Å². The standard InChI is InChI=1S/C14H23N3O/c1-4-12-7-11(9-15-2)8-14(16-12)17-6-5-13(10-17)18-3/h7-8,13,15H,4-6,9-10H2,1-3H3. The Kier molecular flexibility index (Phi) is 4.55. The highest BCUT2D eigenvalue weighted by Gasteiger charge is 2.23. The zero-order chi connectivity index (χ0) is 13.0. The fourth-order valence-electron chi connectivity index (χ4n) is 2.41. The van der Waals surface area contributed by atoms with Crippen molar-refractivity contribution in [1.82, 2.24) is 10.3 Å². The maximum atomic E-state index is 5.42. The molecule has 4 heteroatoms. The van der Waals surface area contributed by atoms with Crippen LogP contribution in [-0.4, -0.2) is 38.3 Å². The van der Waals surface area contributed by atoms with Crippen molar-refractivity contribution >= 4 is 5.82 Å². The van der Waals surface area contributed by atoms with E-state index >= 15 is 0 Å². The fraction of sp³-hybridized carbons (Fsp3) is 0.643. The molecule has 1 aromatic heterocycles. The molecule has 1 unspecified atom stereocenters. The van der Waals surface area contributed by atoms with Crippen LogP contribution in [0.1, 0.15) is 24.6 Å². The van der Waals surface area contributed by atoms with Crippen LogP contribution in [0.15, 0.2) is 12.1 Å². The lowest BCUT2D eigenvalue weighted by atomic mass is 10.2. The van der Waals surface area contributed by atoms with Crippen LogP contribution in [-0.2, 0) is 17.7 Å². The number of nitrogens with zero attached hydrogens (tertiary/aromatic N) is 2. The van der Waals surface area contributed by atoms with E-state index in [1.165, 1.54) is 11.3 Å². The quantitative estimate of drug-likeness (QED) is 0.860. The third-order valence-electron chi connectivity index (χ3n) is 3.47. The minimum absolute atomic E-state index is 0.352. The molecule has 1 atom stereocenters. The smallest absolute Gasteiger partial charge is 0.129 e. The lowest BCUT2D eigenvalue weighted by molar-refractivity contribution is 0.121. The molecule has 1 N–H and O–H groups in total. The number of ether oxygens (including phenoxy) is 1. The maximum absolute atomic E-state index is 5.42. The number of methoxy groups -OCH3 is 1. The summed E-state index contributed by atoms with van der Waals surface area (Å²) in [6, 6.07) is 4.37. The maximum Gasteiger partial charge on any atom is 0.129 e. The number of hydrogen-bond donors (Lipinski definition) is 1. The summed E-state index contributed by atoms with van der Waals surface area (Å²) in [4.78, 5) is 7.05. The average Bonchev–Trinajstić information content (AvgIpc) is 2.87. The van der Waals surface area contributed by atoms with Crippen molar-refractivity contribution in [3.8, 4) is 0 Å². The second-order valence-electron chi connectivity index (χ2n) is 4.80. The molecular weight excluding hydrogens is 226 g/mol. The molecule has 1 saturated heterocycles. The number of hydrogen-bond acceptors (Lipinski definition) is 4. The van der Waals surface area contributed by atoms with Gasteiger partial charge in [-0.3, -0.25) is 0 Å². The lowest BCUT2D eigenvalue weighted by Gasteiger charge is -2.19. The van der Waals surface area contributed by atoms with Crippen LogP contribution in [0.2, 0.25) is 0 Å². The molecule has 0 aliphatic carbocycles. The molecule has 1 aromatic rings. The Morgan fingerprint density at radius 1 is 1.50 bits per heavy atom. The van der Waals surface area contributed by atoms with Gasteiger partial charge in [-0.15, -0.1) is 0 Å². The average molecular weight is 249 g/mol. The van der Waals surface area contributed by atoms with Gasteiger partial charge in [-0.1, -0.05) is 6.92 Å². The Hall–Kier alpha value is -1.13. The molecule has 0 radical (unpaired) electrons. The predicted molar refractivity (Wildman–Crippen MR) is 74.0 cm³/mol. The Labute approximate surface area is 109 Å². The van der Waals surface area contributed by atoms with Gasteiger partial charge in [-0.25, -0.2) is 4.98 Å². The third kappa shape index (κ3) is 3.00. The Bertz CT molecular complexity index is 395. The fourth-order valence-corrected chi connectivity index (χ4v) is 2.41. The van der Waals surface area contributed by atoms with E-state index in [9.17, 15) is 0 Å². The van der Waals surface area contributed by atoms with E-state index in [0.717, 1.165) is 38.3 Å². The molecule has 18 heavy (non-hydrogen) atoms. The van der Waals surface area contributed by atoms with E-state index in [1.807, 2.05) is 7.05 Å². The number of anilines is 1. The highest BCUT2D eigenvalue weighted by Crippen LogP contribution is 2.21. The summed E-state index contributed by atoms with van der Waals surface area (Å²) in [5.74, 6) is 1.10. The lowest BCUT2D eigenvalue weighted by Crippen LogP contribution is -2.23. The van der Waals surface area contributed by atoms with Crippen molar-refractivity contribution < 1.29 is 4.74 Å². The summed E-state index contributed by atoms with van der Waals surface area (Å²) in [6.07, 6.45) is 2.42. The van der Waals surface area contributed by atoms with Crippen molar-refractivity contribution in [2.45, 2.75) is 32.4 Å². The highest BCUT2D eigenvalue weighted by molar-refractivity contribution is 5.44. The largest absolute Gasteiger partial charge is 0.380 e. The molecule has 0 amide bonds. The molecule has 1 aliphatic heterocycles. The SMILES string of the molecule is CCc1cc(CNC)cc(N2CCC(OC)C2)n1. The van der Waals surface area contributed by atoms with E-state index in [2.05, 4.69) is 29.3 Å². The Morgan fingerprint density at radius 2 is 2.33 bits per heavy atom. The van der Waals surface area contributed by atoms with Crippen molar-refractivity contribution in [3.05, 3.63) is 23.4 Å². The van der Waals surface area contributed by atoms with Crippen LogP contribution in [0.3, 0.4) is 0 Å². The molecule has 1 aliphatic rings. The van der Waals surface area contributed by atoms with Gasteiger partial charge in [0.15, 0.2) is 0 Å². The number of nitrogens with one attached hydrogen (secondary N) is 1. The summed E-state index contributed by atoms with van der Waals surface area (Å²) in [6.45, 7) is 5.04. The second-order valence-corrected chi connectivity index (χ2v) is 4.80. The number of pyridine rings is 1. The van der Waals surface area contributed by atoms with Crippen LogP contribution >= 0.6 is 0 Å². The van der Waals surface area contributed by atoms with Gasteiger partial charge in [-0.05, 0) is 37.6 Å². The first kappa shape index (κ1) is 13.3. The Morgan fingerprint density at radius 3 is 2.94 bits per heavy atom. The van der Waals surface area contributed by atoms with Crippen molar-refractivity contribution in [2.75, 3.05) is 32.1 Å². The summed E-state index contributed by atoms with van der Waals surface area (Å²) in [5, 5.41) is 3.20. The zero-order valence-corrected chi connectivity index (χ0v) is 11.6. The predicted octanol–water partition coefficient (Wildman–Crippen LogP) is 1.59. The second kappa shape index (κ2) is 6.16. The van der Waals surface area contributed by atoms with E-state index < -0.39 is 0 Å². The number of aryl methyl sites for hydroxylation is 1. The highest BCUT2D eigenvalue weighted by atomic mass is 16.5. The topological polar surface area (TPSA) is 37.4 Å². The van der Waals surface area contributed by atoms with Crippen molar-refractivity contribution in [2.24, 2.45) is 0 Å². The van der Waals surface area contributed by atoms with Gasteiger partial charge in [0.05, 0.1) is 6.10 Å². The molecule has 4 nitrogen and oxygen atoms in total. The summed E-state index contributed by atoms with van der Waals surface area (Å²) < 4.78 is 5.42. The monoisotopic (exact) mass is 249 g/mol. The van der Waals surface area contributed by atoms with E-state index in [4.69, 9.17) is 9.72 Å². The first-order chi connectivity index (χ1) is 8.76.